The van der Waals surface area contributed by atoms with Crippen LogP contribution in [0.25, 0.3) is 27.5 Å². The minimum absolute atomic E-state index is 0.0314. The Kier molecular flexibility index (Phi) is 6.45. The van der Waals surface area contributed by atoms with Gasteiger partial charge in [-0.2, -0.15) is 5.10 Å². The summed E-state index contributed by atoms with van der Waals surface area (Å²) in [7, 11) is 0. The average molecular weight is 572 g/mol. The lowest BCUT2D eigenvalue weighted by molar-refractivity contribution is 0.0936. The third kappa shape index (κ3) is 4.71. The van der Waals surface area contributed by atoms with E-state index in [9.17, 15) is 4.79 Å². The Hall–Kier alpha value is -5.62. The van der Waals surface area contributed by atoms with Gasteiger partial charge < -0.3 is 5.32 Å². The molecule has 1 aliphatic rings. The number of carbonyl (C=O) groups excluding carboxylic acids is 1. The van der Waals surface area contributed by atoms with Crippen LogP contribution in [0, 0.1) is 0 Å². The van der Waals surface area contributed by atoms with Crippen molar-refractivity contribution in [1.82, 2.24) is 25.1 Å². The van der Waals surface area contributed by atoms with Crippen molar-refractivity contribution < 1.29 is 4.79 Å². The molecule has 0 saturated carbocycles. The number of benzene rings is 4. The van der Waals surface area contributed by atoms with Crippen LogP contribution in [-0.4, -0.2) is 25.7 Å². The van der Waals surface area contributed by atoms with Gasteiger partial charge in [-0.1, -0.05) is 84.9 Å². The second kappa shape index (κ2) is 10.9. The number of nitrogens with zero attached hydrogens (tertiary/aromatic N) is 4. The summed E-state index contributed by atoms with van der Waals surface area (Å²) in [4.78, 5) is 23.0. The van der Waals surface area contributed by atoms with Crippen LogP contribution in [0.1, 0.15) is 56.7 Å². The maximum Gasteiger partial charge on any atom is 0.255 e. The van der Waals surface area contributed by atoms with Crippen molar-refractivity contribution in [2.45, 2.75) is 24.8 Å². The lowest BCUT2D eigenvalue weighted by Crippen LogP contribution is -2.27. The minimum Gasteiger partial charge on any atom is -0.344 e. The number of pyridine rings is 2. The van der Waals surface area contributed by atoms with Crippen molar-refractivity contribution in [2.24, 2.45) is 0 Å². The van der Waals surface area contributed by atoms with Gasteiger partial charge >= 0.3 is 0 Å². The van der Waals surface area contributed by atoms with Crippen LogP contribution >= 0.6 is 0 Å². The lowest BCUT2D eigenvalue weighted by atomic mass is 9.83. The van der Waals surface area contributed by atoms with Crippen LogP contribution in [0.15, 0.2) is 134 Å². The van der Waals surface area contributed by atoms with Crippen molar-refractivity contribution in [3.05, 3.63) is 167 Å². The molecule has 0 radical (unpaired) electrons. The van der Waals surface area contributed by atoms with Gasteiger partial charge in [-0.05, 0) is 65.4 Å². The molecule has 8 rings (SSSR count). The summed E-state index contributed by atoms with van der Waals surface area (Å²) in [5, 5.41) is 10.0. The van der Waals surface area contributed by atoms with Crippen LogP contribution in [0.5, 0.6) is 0 Å². The summed E-state index contributed by atoms with van der Waals surface area (Å²) in [6.07, 6.45) is 6.98. The first-order valence-corrected chi connectivity index (χ1v) is 14.9. The molecule has 3 aromatic heterocycles. The largest absolute Gasteiger partial charge is 0.344 e. The number of hydrogen-bond donors (Lipinski definition) is 1. The predicted molar refractivity (Wildman–Crippen MR) is 173 cm³/mol. The van der Waals surface area contributed by atoms with Gasteiger partial charge in [0, 0.05) is 29.1 Å². The third-order valence-corrected chi connectivity index (χ3v) is 8.60. The molecule has 0 fully saturated rings. The Labute approximate surface area is 255 Å². The summed E-state index contributed by atoms with van der Waals surface area (Å²) in [6.45, 7) is 0. The van der Waals surface area contributed by atoms with Gasteiger partial charge in [-0.15, -0.1) is 0 Å². The second-order valence-corrected chi connectivity index (χ2v) is 11.3. The second-order valence-electron chi connectivity index (χ2n) is 11.3. The normalized spacial score (nSPS) is 14.2. The van der Waals surface area contributed by atoms with E-state index in [-0.39, 0.29) is 17.9 Å². The summed E-state index contributed by atoms with van der Waals surface area (Å²) in [5.74, 6) is -0.188. The summed E-state index contributed by atoms with van der Waals surface area (Å²) >= 11 is 0. The lowest BCUT2D eigenvalue weighted by Gasteiger charge is -2.22. The molecule has 0 saturated heterocycles. The molecule has 6 nitrogen and oxygen atoms in total. The molecule has 1 aliphatic carbocycles. The molecule has 0 spiro atoms. The zero-order valence-corrected chi connectivity index (χ0v) is 24.0. The fourth-order valence-corrected chi connectivity index (χ4v) is 6.48. The number of aromatic nitrogens is 4. The van der Waals surface area contributed by atoms with E-state index in [4.69, 9.17) is 4.98 Å². The van der Waals surface area contributed by atoms with Crippen LogP contribution in [0.2, 0.25) is 0 Å². The van der Waals surface area contributed by atoms with E-state index < -0.39 is 0 Å². The Morgan fingerprint density at radius 3 is 2.36 bits per heavy atom. The van der Waals surface area contributed by atoms with Crippen LogP contribution in [0.3, 0.4) is 0 Å². The number of para-hydroxylation sites is 1. The first-order valence-electron chi connectivity index (χ1n) is 14.9. The summed E-state index contributed by atoms with van der Waals surface area (Å²) in [6, 6.07) is 39.8. The maximum absolute atomic E-state index is 13.4. The van der Waals surface area contributed by atoms with Gasteiger partial charge in [-0.3, -0.25) is 9.78 Å². The van der Waals surface area contributed by atoms with E-state index in [1.165, 1.54) is 16.7 Å². The monoisotopic (exact) mass is 571 g/mol. The quantitative estimate of drug-likeness (QED) is 0.165. The third-order valence-electron chi connectivity index (χ3n) is 8.60. The van der Waals surface area contributed by atoms with Crippen LogP contribution in [0.4, 0.5) is 0 Å². The van der Waals surface area contributed by atoms with Crippen molar-refractivity contribution in [2.75, 3.05) is 0 Å². The number of aryl methyl sites for hydroxylation is 1. The standard InChI is InChI=1S/C38H29N5O/c44-38(42-34-18-17-27-15-9-19-39-37(27)34)29-23-40-43(24-29)30-21-32(31-20-28-14-7-8-16-33(28)41-35(31)22-30)36(25-10-3-1-4-11-25)26-12-5-2-6-13-26/h1-16,19-24,34,36H,17-18H2,(H,42,44). The van der Waals surface area contributed by atoms with Crippen LogP contribution < -0.4 is 5.32 Å². The topological polar surface area (TPSA) is 72.7 Å². The van der Waals surface area contributed by atoms with Gasteiger partial charge in [0.2, 0.25) is 0 Å². The highest BCUT2D eigenvalue weighted by Crippen LogP contribution is 2.38. The van der Waals surface area contributed by atoms with Crippen molar-refractivity contribution in [1.29, 1.82) is 0 Å². The van der Waals surface area contributed by atoms with E-state index >= 15 is 0 Å². The Bertz CT molecular complexity index is 2100. The SMILES string of the molecule is O=C(NC1CCc2cccnc21)c1cnn(-c2cc(C(c3ccccc3)c3ccccc3)c3cc4ccccc4nc3c2)c1. The minimum atomic E-state index is -0.156. The van der Waals surface area contributed by atoms with E-state index in [0.29, 0.717) is 5.56 Å². The maximum atomic E-state index is 13.4. The highest BCUT2D eigenvalue weighted by molar-refractivity contribution is 5.96. The molecule has 6 heteroatoms. The van der Waals surface area contributed by atoms with Crippen molar-refractivity contribution in [3.63, 3.8) is 0 Å². The van der Waals surface area contributed by atoms with Gasteiger partial charge in [-0.25, -0.2) is 9.67 Å². The number of carbonyl (C=O) groups is 1. The van der Waals surface area contributed by atoms with E-state index in [0.717, 1.165) is 51.6 Å². The Morgan fingerprint density at radius 1 is 0.818 bits per heavy atom. The molecule has 0 bridgehead atoms. The summed E-state index contributed by atoms with van der Waals surface area (Å²) in [5.41, 5.74) is 8.83. The van der Waals surface area contributed by atoms with Crippen molar-refractivity contribution in [3.8, 4) is 5.69 Å². The molecule has 1 unspecified atom stereocenters. The molecule has 1 amide bonds. The molecule has 4 aromatic carbocycles. The molecular formula is C38H29N5O. The van der Waals surface area contributed by atoms with Gasteiger partial charge in [0.25, 0.3) is 5.91 Å². The molecule has 7 aromatic rings. The first-order chi connectivity index (χ1) is 21.7. The Balaban J connectivity index is 1.24. The van der Waals surface area contributed by atoms with Gasteiger partial charge in [0.1, 0.15) is 0 Å². The zero-order valence-electron chi connectivity index (χ0n) is 24.0. The first kappa shape index (κ1) is 26.0. The predicted octanol–water partition coefficient (Wildman–Crippen LogP) is 7.57. The highest BCUT2D eigenvalue weighted by atomic mass is 16.1. The molecule has 44 heavy (non-hydrogen) atoms. The fraction of sp³-hybridized carbons (Fsp3) is 0.105. The van der Waals surface area contributed by atoms with E-state index in [1.54, 1.807) is 23.3 Å². The molecule has 1 atom stereocenters. The van der Waals surface area contributed by atoms with E-state index in [2.05, 4.69) is 94.3 Å². The van der Waals surface area contributed by atoms with Crippen LogP contribution in [-0.2, 0) is 6.42 Å². The number of hydrogen-bond acceptors (Lipinski definition) is 4. The van der Waals surface area contributed by atoms with Gasteiger partial charge in [0.15, 0.2) is 0 Å². The Morgan fingerprint density at radius 2 is 1.57 bits per heavy atom. The fourth-order valence-electron chi connectivity index (χ4n) is 6.48. The van der Waals surface area contributed by atoms with E-state index in [1.807, 2.05) is 36.4 Å². The smallest absolute Gasteiger partial charge is 0.255 e. The highest BCUT2D eigenvalue weighted by Gasteiger charge is 2.26. The number of fused-ring (bicyclic) bond motifs is 3. The average Bonchev–Trinajstić information content (AvgIpc) is 3.73. The summed E-state index contributed by atoms with van der Waals surface area (Å²) < 4.78 is 1.78. The zero-order chi connectivity index (χ0) is 29.5. The number of rotatable bonds is 6. The number of amides is 1. The number of nitrogens with one attached hydrogen (secondary N) is 1. The molecule has 0 aliphatic heterocycles. The molecule has 212 valence electrons. The van der Waals surface area contributed by atoms with Crippen molar-refractivity contribution >= 4 is 27.7 Å². The molecule has 1 N–H and O–H groups in total. The van der Waals surface area contributed by atoms with Gasteiger partial charge in [0.05, 0.1) is 40.2 Å². The molecule has 3 heterocycles. The molecular weight excluding hydrogens is 542 g/mol.